The summed E-state index contributed by atoms with van der Waals surface area (Å²) in [6.07, 6.45) is 0.241. The van der Waals surface area contributed by atoms with Gasteiger partial charge in [-0.05, 0) is 55.8 Å². The lowest BCUT2D eigenvalue weighted by Crippen LogP contribution is -2.57. The molecular weight excluding hydrogens is 245 g/mol. The Morgan fingerprint density at radius 1 is 1.17 bits per heavy atom. The quantitative estimate of drug-likeness (QED) is 0.676. The summed E-state index contributed by atoms with van der Waals surface area (Å²) in [6, 6.07) is 0. The van der Waals surface area contributed by atoms with Crippen LogP contribution in [0.1, 0.15) is 45.4 Å². The molecule has 0 aromatic carbocycles. The van der Waals surface area contributed by atoms with E-state index >= 15 is 0 Å². The monoisotopic (exact) mass is 262 g/mol. The summed E-state index contributed by atoms with van der Waals surface area (Å²) in [5.74, 6) is -1.12. The Hall–Kier alpha value is -0.740. The van der Waals surface area contributed by atoms with Crippen LogP contribution in [0, 0.1) is 17.3 Å². The van der Waals surface area contributed by atoms with Crippen LogP contribution in [0.3, 0.4) is 0 Å². The molecule has 0 heterocycles. The van der Waals surface area contributed by atoms with Crippen molar-refractivity contribution >= 4 is 5.97 Å². The molecular formula is C13H17F3O2. The number of ether oxygens (including phenoxy) is 1. The molecule has 2 atom stereocenters. The minimum atomic E-state index is -4.87. The first-order valence-electron chi connectivity index (χ1n) is 6.50. The molecule has 2 unspecified atom stereocenters. The van der Waals surface area contributed by atoms with Gasteiger partial charge in [0.15, 0.2) is 0 Å². The highest BCUT2D eigenvalue weighted by atomic mass is 19.4. The van der Waals surface area contributed by atoms with Gasteiger partial charge in [-0.25, -0.2) is 4.79 Å². The van der Waals surface area contributed by atoms with E-state index in [1.165, 1.54) is 0 Å². The second-order valence-corrected chi connectivity index (χ2v) is 6.84. The normalized spacial score (nSPS) is 46.2. The second-order valence-electron chi connectivity index (χ2n) is 6.84. The van der Waals surface area contributed by atoms with Gasteiger partial charge in [0.1, 0.15) is 5.60 Å². The molecule has 5 heteroatoms. The Kier molecular flexibility index (Phi) is 2.34. The van der Waals surface area contributed by atoms with Crippen molar-refractivity contribution in [2.75, 3.05) is 0 Å². The molecule has 0 aromatic heterocycles. The summed E-state index contributed by atoms with van der Waals surface area (Å²) in [5.41, 5.74) is -0.749. The van der Waals surface area contributed by atoms with Crippen molar-refractivity contribution < 1.29 is 22.7 Å². The van der Waals surface area contributed by atoms with Crippen LogP contribution in [-0.2, 0) is 9.53 Å². The molecule has 4 aliphatic carbocycles. The first kappa shape index (κ1) is 12.3. The standard InChI is InChI=1S/C13H17F3O2/c1-11-3-8-2-9(4-11)6-12(5-8,7-11)18-10(17)13(14,15)16/h8-9H,2-7H2,1H3. The van der Waals surface area contributed by atoms with Crippen molar-refractivity contribution in [3.05, 3.63) is 0 Å². The van der Waals surface area contributed by atoms with E-state index in [1.807, 2.05) is 0 Å². The van der Waals surface area contributed by atoms with Gasteiger partial charge in [0.25, 0.3) is 0 Å². The van der Waals surface area contributed by atoms with Gasteiger partial charge in [-0.15, -0.1) is 0 Å². The summed E-state index contributed by atoms with van der Waals surface area (Å²) < 4.78 is 42.0. The van der Waals surface area contributed by atoms with Crippen LogP contribution in [-0.4, -0.2) is 17.7 Å². The summed E-state index contributed by atoms with van der Waals surface area (Å²) in [5, 5.41) is 0. The molecule has 4 fully saturated rings. The van der Waals surface area contributed by atoms with Gasteiger partial charge in [0.2, 0.25) is 0 Å². The fraction of sp³-hybridized carbons (Fsp3) is 0.923. The SMILES string of the molecule is CC12CC3CC(C1)CC(OC(=O)C(F)(F)F)(C3)C2. The predicted molar refractivity (Wildman–Crippen MR) is 57.7 cm³/mol. The largest absolute Gasteiger partial charge is 0.490 e. The highest BCUT2D eigenvalue weighted by molar-refractivity contribution is 5.76. The Labute approximate surface area is 104 Å². The molecule has 0 aliphatic heterocycles. The lowest BCUT2D eigenvalue weighted by molar-refractivity contribution is -0.237. The van der Waals surface area contributed by atoms with Crippen LogP contribution in [0.5, 0.6) is 0 Å². The Bertz CT molecular complexity index is 374. The summed E-state index contributed by atoms with van der Waals surface area (Å²) in [4.78, 5) is 11.1. The second kappa shape index (κ2) is 3.42. The number of carbonyl (C=O) groups is 1. The van der Waals surface area contributed by atoms with Crippen molar-refractivity contribution in [1.82, 2.24) is 0 Å². The van der Waals surface area contributed by atoms with Crippen molar-refractivity contribution in [1.29, 1.82) is 0 Å². The molecule has 0 radical (unpaired) electrons. The highest BCUT2D eigenvalue weighted by Crippen LogP contribution is 2.62. The molecule has 0 N–H and O–H groups in total. The van der Waals surface area contributed by atoms with E-state index in [0.29, 0.717) is 31.1 Å². The van der Waals surface area contributed by atoms with Crippen LogP contribution in [0.15, 0.2) is 0 Å². The Morgan fingerprint density at radius 2 is 1.72 bits per heavy atom. The molecule has 4 aliphatic rings. The molecule has 0 amide bonds. The lowest BCUT2D eigenvalue weighted by atomic mass is 9.48. The molecule has 4 bridgehead atoms. The molecule has 4 saturated carbocycles. The number of esters is 1. The Balaban J connectivity index is 1.81. The lowest BCUT2D eigenvalue weighted by Gasteiger charge is -2.60. The summed E-state index contributed by atoms with van der Waals surface area (Å²) >= 11 is 0. The van der Waals surface area contributed by atoms with Gasteiger partial charge < -0.3 is 4.74 Å². The zero-order chi connectivity index (χ0) is 13.2. The molecule has 18 heavy (non-hydrogen) atoms. The third-order valence-electron chi connectivity index (χ3n) is 4.84. The van der Waals surface area contributed by atoms with E-state index in [4.69, 9.17) is 4.74 Å². The van der Waals surface area contributed by atoms with E-state index in [9.17, 15) is 18.0 Å². The number of halogens is 3. The number of hydrogen-bond donors (Lipinski definition) is 0. The van der Waals surface area contributed by atoms with Gasteiger partial charge in [0, 0.05) is 0 Å². The number of carbonyl (C=O) groups excluding carboxylic acids is 1. The first-order chi connectivity index (χ1) is 8.20. The maximum Gasteiger partial charge on any atom is 0.490 e. The molecule has 0 aromatic rings. The summed E-state index contributed by atoms with van der Waals surface area (Å²) in [7, 11) is 0. The van der Waals surface area contributed by atoms with Crippen LogP contribution in [0.2, 0.25) is 0 Å². The minimum Gasteiger partial charge on any atom is -0.452 e. The first-order valence-corrected chi connectivity index (χ1v) is 6.50. The van der Waals surface area contributed by atoms with Crippen LogP contribution in [0.4, 0.5) is 13.2 Å². The topological polar surface area (TPSA) is 26.3 Å². The average molecular weight is 262 g/mol. The fourth-order valence-corrected chi connectivity index (χ4v) is 5.00. The van der Waals surface area contributed by atoms with E-state index in [-0.39, 0.29) is 5.41 Å². The van der Waals surface area contributed by atoms with E-state index in [0.717, 1.165) is 19.3 Å². The maximum absolute atomic E-state index is 12.4. The average Bonchev–Trinajstić information content (AvgIpc) is 2.10. The van der Waals surface area contributed by atoms with Gasteiger partial charge in [-0.3, -0.25) is 0 Å². The minimum absolute atomic E-state index is 0.0793. The van der Waals surface area contributed by atoms with Gasteiger partial charge >= 0.3 is 12.1 Å². The molecule has 0 spiro atoms. The number of rotatable bonds is 1. The van der Waals surface area contributed by atoms with Crippen LogP contribution < -0.4 is 0 Å². The smallest absolute Gasteiger partial charge is 0.452 e. The van der Waals surface area contributed by atoms with E-state index in [1.54, 1.807) is 0 Å². The van der Waals surface area contributed by atoms with Gasteiger partial charge in [0.05, 0.1) is 0 Å². The van der Waals surface area contributed by atoms with E-state index < -0.39 is 17.7 Å². The van der Waals surface area contributed by atoms with Crippen LogP contribution in [0.25, 0.3) is 0 Å². The summed E-state index contributed by atoms with van der Waals surface area (Å²) in [6.45, 7) is 2.13. The third-order valence-corrected chi connectivity index (χ3v) is 4.84. The Morgan fingerprint density at radius 3 is 2.17 bits per heavy atom. The number of hydrogen-bond acceptors (Lipinski definition) is 2. The predicted octanol–water partition coefficient (Wildman–Crippen LogP) is 3.45. The maximum atomic E-state index is 12.4. The number of alkyl halides is 3. The molecule has 102 valence electrons. The van der Waals surface area contributed by atoms with Crippen molar-refractivity contribution in [3.8, 4) is 0 Å². The van der Waals surface area contributed by atoms with E-state index in [2.05, 4.69) is 6.92 Å². The van der Waals surface area contributed by atoms with Crippen molar-refractivity contribution in [3.63, 3.8) is 0 Å². The molecule has 0 saturated heterocycles. The van der Waals surface area contributed by atoms with Gasteiger partial charge in [-0.1, -0.05) is 6.92 Å². The molecule has 2 nitrogen and oxygen atoms in total. The molecule has 4 rings (SSSR count). The zero-order valence-electron chi connectivity index (χ0n) is 10.3. The van der Waals surface area contributed by atoms with Crippen molar-refractivity contribution in [2.45, 2.75) is 57.2 Å². The van der Waals surface area contributed by atoms with Crippen molar-refractivity contribution in [2.24, 2.45) is 17.3 Å². The third kappa shape index (κ3) is 1.91. The highest BCUT2D eigenvalue weighted by Gasteiger charge is 2.59. The fourth-order valence-electron chi connectivity index (χ4n) is 5.00. The zero-order valence-corrected chi connectivity index (χ0v) is 10.3. The van der Waals surface area contributed by atoms with Crippen LogP contribution >= 0.6 is 0 Å². The van der Waals surface area contributed by atoms with Gasteiger partial charge in [-0.2, -0.15) is 13.2 Å².